The van der Waals surface area contributed by atoms with Gasteiger partial charge in [-0.15, -0.1) is 12.4 Å². The first-order valence-corrected chi connectivity index (χ1v) is 6.15. The van der Waals surface area contributed by atoms with Gasteiger partial charge in [0.25, 0.3) is 0 Å². The van der Waals surface area contributed by atoms with E-state index in [0.717, 1.165) is 17.9 Å². The van der Waals surface area contributed by atoms with Crippen molar-refractivity contribution in [3.05, 3.63) is 23.7 Å². The Bertz CT molecular complexity index is 305. The SMILES string of the molecule is CCc1ccc([C@@H](N)C2CCCCC2)o1.Cl. The zero-order valence-corrected chi connectivity index (χ0v) is 10.8. The van der Waals surface area contributed by atoms with Crippen LogP contribution < -0.4 is 5.73 Å². The van der Waals surface area contributed by atoms with Crippen LogP contribution in [-0.2, 0) is 6.42 Å². The molecule has 0 bridgehead atoms. The van der Waals surface area contributed by atoms with Gasteiger partial charge in [0.05, 0.1) is 6.04 Å². The van der Waals surface area contributed by atoms with Crippen molar-refractivity contribution in [2.24, 2.45) is 11.7 Å². The van der Waals surface area contributed by atoms with Crippen LogP contribution in [-0.4, -0.2) is 0 Å². The Kier molecular flexibility index (Phi) is 5.36. The maximum Gasteiger partial charge on any atom is 0.121 e. The van der Waals surface area contributed by atoms with Crippen LogP contribution in [0.3, 0.4) is 0 Å². The lowest BCUT2D eigenvalue weighted by molar-refractivity contribution is 0.277. The van der Waals surface area contributed by atoms with Crippen molar-refractivity contribution in [1.29, 1.82) is 0 Å². The Morgan fingerprint density at radius 2 is 2.00 bits per heavy atom. The van der Waals surface area contributed by atoms with Crippen LogP contribution in [0.15, 0.2) is 16.5 Å². The first-order valence-electron chi connectivity index (χ1n) is 6.15. The minimum absolute atomic E-state index is 0. The fourth-order valence-corrected chi connectivity index (χ4v) is 2.49. The van der Waals surface area contributed by atoms with E-state index >= 15 is 0 Å². The van der Waals surface area contributed by atoms with Crippen LogP contribution in [0, 0.1) is 5.92 Å². The van der Waals surface area contributed by atoms with Crippen LogP contribution in [0.4, 0.5) is 0 Å². The molecule has 1 saturated carbocycles. The monoisotopic (exact) mass is 243 g/mol. The Hall–Kier alpha value is -0.470. The molecule has 16 heavy (non-hydrogen) atoms. The third-order valence-electron chi connectivity index (χ3n) is 3.52. The fraction of sp³-hybridized carbons (Fsp3) is 0.692. The summed E-state index contributed by atoms with van der Waals surface area (Å²) < 4.78 is 5.72. The highest BCUT2D eigenvalue weighted by molar-refractivity contribution is 5.85. The third kappa shape index (κ3) is 3.02. The van der Waals surface area contributed by atoms with Gasteiger partial charge in [0.1, 0.15) is 11.5 Å². The maximum absolute atomic E-state index is 6.24. The molecule has 1 aromatic rings. The van der Waals surface area contributed by atoms with Gasteiger partial charge in [-0.25, -0.2) is 0 Å². The summed E-state index contributed by atoms with van der Waals surface area (Å²) in [6.45, 7) is 2.11. The van der Waals surface area contributed by atoms with Crippen LogP contribution in [0.25, 0.3) is 0 Å². The van der Waals surface area contributed by atoms with E-state index in [4.69, 9.17) is 10.2 Å². The second-order valence-electron chi connectivity index (χ2n) is 4.58. The van der Waals surface area contributed by atoms with Gasteiger partial charge >= 0.3 is 0 Å². The summed E-state index contributed by atoms with van der Waals surface area (Å²) in [7, 11) is 0. The van der Waals surface area contributed by atoms with Crippen molar-refractivity contribution in [3.8, 4) is 0 Å². The summed E-state index contributed by atoms with van der Waals surface area (Å²) >= 11 is 0. The molecule has 92 valence electrons. The molecule has 2 N–H and O–H groups in total. The molecule has 0 spiro atoms. The second-order valence-corrected chi connectivity index (χ2v) is 4.58. The van der Waals surface area contributed by atoms with E-state index in [9.17, 15) is 0 Å². The molecular weight excluding hydrogens is 222 g/mol. The molecule has 0 amide bonds. The average molecular weight is 244 g/mol. The Morgan fingerprint density at radius 1 is 1.31 bits per heavy atom. The molecule has 1 aliphatic carbocycles. The molecule has 1 aliphatic rings. The minimum Gasteiger partial charge on any atom is -0.464 e. The van der Waals surface area contributed by atoms with Crippen molar-refractivity contribution < 1.29 is 4.42 Å². The third-order valence-corrected chi connectivity index (χ3v) is 3.52. The van der Waals surface area contributed by atoms with Crippen molar-refractivity contribution in [2.75, 3.05) is 0 Å². The minimum atomic E-state index is 0. The van der Waals surface area contributed by atoms with Gasteiger partial charge in [-0.2, -0.15) is 0 Å². The zero-order valence-electron chi connectivity index (χ0n) is 9.95. The Morgan fingerprint density at radius 3 is 2.56 bits per heavy atom. The van der Waals surface area contributed by atoms with Crippen LogP contribution in [0.5, 0.6) is 0 Å². The molecule has 2 nitrogen and oxygen atoms in total. The van der Waals surface area contributed by atoms with Crippen molar-refractivity contribution >= 4 is 12.4 Å². The van der Waals surface area contributed by atoms with Crippen LogP contribution >= 0.6 is 12.4 Å². The average Bonchev–Trinajstić information content (AvgIpc) is 2.78. The van der Waals surface area contributed by atoms with E-state index < -0.39 is 0 Å². The number of furan rings is 1. The van der Waals surface area contributed by atoms with Crippen molar-refractivity contribution in [2.45, 2.75) is 51.5 Å². The summed E-state index contributed by atoms with van der Waals surface area (Å²) in [6.07, 6.45) is 7.53. The van der Waals surface area contributed by atoms with Gasteiger partial charge in [-0.1, -0.05) is 26.2 Å². The summed E-state index contributed by atoms with van der Waals surface area (Å²) in [5.74, 6) is 2.67. The predicted molar refractivity (Wildman–Crippen MR) is 68.8 cm³/mol. The van der Waals surface area contributed by atoms with Gasteiger partial charge in [-0.05, 0) is 30.9 Å². The molecule has 0 aliphatic heterocycles. The summed E-state index contributed by atoms with van der Waals surface area (Å²) in [5, 5.41) is 0. The van der Waals surface area contributed by atoms with E-state index in [1.807, 2.05) is 0 Å². The molecule has 3 heteroatoms. The molecule has 1 heterocycles. The summed E-state index contributed by atoms with van der Waals surface area (Å²) in [4.78, 5) is 0. The molecule has 1 aromatic heterocycles. The Labute approximate surface area is 104 Å². The molecule has 1 atom stereocenters. The first kappa shape index (κ1) is 13.6. The maximum atomic E-state index is 6.24. The van der Waals surface area contributed by atoms with E-state index in [-0.39, 0.29) is 18.4 Å². The predicted octanol–water partition coefficient (Wildman–Crippen LogP) is 3.84. The fourth-order valence-electron chi connectivity index (χ4n) is 2.49. The largest absolute Gasteiger partial charge is 0.464 e. The highest BCUT2D eigenvalue weighted by Gasteiger charge is 2.23. The highest BCUT2D eigenvalue weighted by atomic mass is 35.5. The van der Waals surface area contributed by atoms with Gasteiger partial charge in [0, 0.05) is 6.42 Å². The number of rotatable bonds is 3. The lowest BCUT2D eigenvalue weighted by Gasteiger charge is -2.26. The first-order chi connectivity index (χ1) is 7.31. The second kappa shape index (κ2) is 6.31. The van der Waals surface area contributed by atoms with Gasteiger partial charge in [-0.3, -0.25) is 0 Å². The van der Waals surface area contributed by atoms with Crippen LogP contribution in [0.2, 0.25) is 0 Å². The molecule has 0 unspecified atom stereocenters. The lowest BCUT2D eigenvalue weighted by atomic mass is 9.83. The molecule has 0 aromatic carbocycles. The van der Waals surface area contributed by atoms with Crippen LogP contribution in [0.1, 0.15) is 56.6 Å². The quantitative estimate of drug-likeness (QED) is 0.876. The highest BCUT2D eigenvalue weighted by Crippen LogP contribution is 2.33. The number of aryl methyl sites for hydroxylation is 1. The molecular formula is C13H22ClNO. The molecule has 0 radical (unpaired) electrons. The molecule has 2 rings (SSSR count). The number of nitrogens with two attached hydrogens (primary N) is 1. The Balaban J connectivity index is 0.00000128. The molecule has 0 saturated heterocycles. The van der Waals surface area contributed by atoms with Gasteiger partial charge in [0.2, 0.25) is 0 Å². The normalized spacial score (nSPS) is 19.1. The van der Waals surface area contributed by atoms with Gasteiger partial charge in [0.15, 0.2) is 0 Å². The molecule has 1 fully saturated rings. The number of hydrogen-bond donors (Lipinski definition) is 1. The lowest BCUT2D eigenvalue weighted by Crippen LogP contribution is -2.23. The smallest absolute Gasteiger partial charge is 0.121 e. The van der Waals surface area contributed by atoms with Crippen molar-refractivity contribution in [3.63, 3.8) is 0 Å². The zero-order chi connectivity index (χ0) is 10.7. The van der Waals surface area contributed by atoms with E-state index in [1.165, 1.54) is 32.1 Å². The van der Waals surface area contributed by atoms with E-state index in [2.05, 4.69) is 19.1 Å². The van der Waals surface area contributed by atoms with E-state index in [1.54, 1.807) is 0 Å². The van der Waals surface area contributed by atoms with Crippen molar-refractivity contribution in [1.82, 2.24) is 0 Å². The number of hydrogen-bond acceptors (Lipinski definition) is 2. The summed E-state index contributed by atoms with van der Waals surface area (Å²) in [5.41, 5.74) is 6.24. The van der Waals surface area contributed by atoms with E-state index in [0.29, 0.717) is 5.92 Å². The van der Waals surface area contributed by atoms with Gasteiger partial charge < -0.3 is 10.2 Å². The standard InChI is InChI=1S/C13H21NO.ClH/c1-2-11-8-9-12(15-11)13(14)10-6-4-3-5-7-10;/h8-10,13H,2-7,14H2,1H3;1H/t13-;/m0./s1. The summed E-state index contributed by atoms with van der Waals surface area (Å²) in [6, 6.07) is 4.22. The number of halogens is 1. The topological polar surface area (TPSA) is 39.2 Å².